The van der Waals surface area contributed by atoms with Crippen LogP contribution in [0.4, 0.5) is 0 Å². The molecule has 0 atom stereocenters. The van der Waals surface area contributed by atoms with Gasteiger partial charge >= 0.3 is 0 Å². The molecule has 0 radical (unpaired) electrons. The molecule has 0 amide bonds. The van der Waals surface area contributed by atoms with Crippen LogP contribution in [0.2, 0.25) is 5.15 Å². The molecule has 1 aliphatic rings. The third kappa shape index (κ3) is 2.46. The molecule has 2 rings (SSSR count). The summed E-state index contributed by atoms with van der Waals surface area (Å²) in [6.07, 6.45) is 1.88. The number of rotatable bonds is 2. The van der Waals surface area contributed by atoms with Crippen molar-refractivity contribution in [3.8, 4) is 0 Å². The Morgan fingerprint density at radius 2 is 1.88 bits per heavy atom. The lowest BCUT2D eigenvalue weighted by molar-refractivity contribution is 0.353. The van der Waals surface area contributed by atoms with E-state index >= 15 is 0 Å². The van der Waals surface area contributed by atoms with Crippen LogP contribution in [-0.2, 0) is 14.6 Å². The Morgan fingerprint density at radius 1 is 1.35 bits per heavy atom. The second-order valence-electron chi connectivity index (χ2n) is 5.30. The molecule has 96 valence electrons. The van der Waals surface area contributed by atoms with E-state index in [1.165, 1.54) is 4.68 Å². The molecule has 1 aliphatic carbocycles. The average Bonchev–Trinajstić information content (AvgIpc) is 2.85. The fourth-order valence-corrected chi connectivity index (χ4v) is 3.71. The van der Waals surface area contributed by atoms with Crippen molar-refractivity contribution in [1.82, 2.24) is 9.78 Å². The van der Waals surface area contributed by atoms with E-state index in [0.717, 1.165) is 12.8 Å². The summed E-state index contributed by atoms with van der Waals surface area (Å²) < 4.78 is 24.7. The first kappa shape index (κ1) is 13.2. The molecule has 7 heteroatoms. The van der Waals surface area contributed by atoms with E-state index < -0.39 is 9.05 Å². The minimum absolute atomic E-state index is 0.0155. The first-order chi connectivity index (χ1) is 7.62. The molecule has 17 heavy (non-hydrogen) atoms. The minimum Gasteiger partial charge on any atom is -0.247 e. The van der Waals surface area contributed by atoms with Gasteiger partial charge in [-0.3, -0.25) is 0 Å². The van der Waals surface area contributed by atoms with E-state index in [4.69, 9.17) is 22.3 Å². The number of hydrogen-bond acceptors (Lipinski definition) is 3. The molecular weight excluding hydrogens is 283 g/mol. The third-order valence-electron chi connectivity index (χ3n) is 2.66. The maximum Gasteiger partial charge on any atom is 0.266 e. The quantitative estimate of drug-likeness (QED) is 0.788. The molecule has 1 saturated carbocycles. The Balaban J connectivity index is 2.68. The summed E-state index contributed by atoms with van der Waals surface area (Å²) >= 11 is 6.11. The van der Waals surface area contributed by atoms with Gasteiger partial charge in [-0.1, -0.05) is 11.6 Å². The van der Waals surface area contributed by atoms with Crippen LogP contribution >= 0.6 is 22.3 Å². The SMILES string of the molecule is CC(C)(C)n1nc(C2CC2)c(S(=O)(=O)Cl)c1Cl. The molecule has 4 nitrogen and oxygen atoms in total. The van der Waals surface area contributed by atoms with Gasteiger partial charge in [0.25, 0.3) is 9.05 Å². The third-order valence-corrected chi connectivity index (χ3v) is 4.47. The highest BCUT2D eigenvalue weighted by Gasteiger charge is 2.37. The lowest BCUT2D eigenvalue weighted by Gasteiger charge is -2.20. The van der Waals surface area contributed by atoms with Crippen molar-refractivity contribution in [2.75, 3.05) is 0 Å². The van der Waals surface area contributed by atoms with Gasteiger partial charge in [0, 0.05) is 16.6 Å². The Morgan fingerprint density at radius 3 is 2.24 bits per heavy atom. The van der Waals surface area contributed by atoms with E-state index in [-0.39, 0.29) is 21.5 Å². The normalized spacial score (nSPS) is 17.5. The molecule has 0 bridgehead atoms. The lowest BCUT2D eigenvalue weighted by atomic mass is 10.1. The highest BCUT2D eigenvalue weighted by molar-refractivity contribution is 8.13. The van der Waals surface area contributed by atoms with Crippen molar-refractivity contribution in [3.05, 3.63) is 10.8 Å². The van der Waals surface area contributed by atoms with Crippen LogP contribution in [0.25, 0.3) is 0 Å². The van der Waals surface area contributed by atoms with Gasteiger partial charge in [0.15, 0.2) is 0 Å². The van der Waals surface area contributed by atoms with Crippen molar-refractivity contribution < 1.29 is 8.42 Å². The van der Waals surface area contributed by atoms with Gasteiger partial charge in [-0.25, -0.2) is 13.1 Å². The largest absolute Gasteiger partial charge is 0.266 e. The number of aromatic nitrogens is 2. The van der Waals surface area contributed by atoms with Gasteiger partial charge in [0.05, 0.1) is 11.2 Å². The predicted octanol–water partition coefficient (Wildman–Crippen LogP) is 3.10. The summed E-state index contributed by atoms with van der Waals surface area (Å²) in [7, 11) is 1.59. The second-order valence-corrected chi connectivity index (χ2v) is 8.16. The Hall–Kier alpha value is -0.260. The van der Waals surface area contributed by atoms with Crippen LogP contribution in [0, 0.1) is 0 Å². The Labute approximate surface area is 110 Å². The summed E-state index contributed by atoms with van der Waals surface area (Å²) in [5, 5.41) is 4.44. The fourth-order valence-electron chi connectivity index (χ4n) is 1.69. The van der Waals surface area contributed by atoms with Crippen molar-refractivity contribution in [2.45, 2.75) is 50.0 Å². The van der Waals surface area contributed by atoms with Crippen LogP contribution < -0.4 is 0 Å². The molecule has 1 aromatic heterocycles. The summed E-state index contributed by atoms with van der Waals surface area (Å²) in [4.78, 5) is -0.0155. The summed E-state index contributed by atoms with van der Waals surface area (Å²) in [5.41, 5.74) is 0.139. The Bertz CT molecular complexity index is 554. The molecule has 0 N–H and O–H groups in total. The van der Waals surface area contributed by atoms with Gasteiger partial charge in [-0.15, -0.1) is 0 Å². The van der Waals surface area contributed by atoms with E-state index in [2.05, 4.69) is 5.10 Å². The summed E-state index contributed by atoms with van der Waals surface area (Å²) in [5.74, 6) is 0.180. The van der Waals surface area contributed by atoms with Gasteiger partial charge in [0.1, 0.15) is 10.0 Å². The van der Waals surface area contributed by atoms with Crippen LogP contribution in [0.5, 0.6) is 0 Å². The maximum atomic E-state index is 11.6. The summed E-state index contributed by atoms with van der Waals surface area (Å²) in [6.45, 7) is 5.73. The maximum absolute atomic E-state index is 11.6. The fraction of sp³-hybridized carbons (Fsp3) is 0.700. The van der Waals surface area contributed by atoms with Gasteiger partial charge in [0.2, 0.25) is 0 Å². The molecule has 1 heterocycles. The van der Waals surface area contributed by atoms with Gasteiger partial charge in [-0.05, 0) is 33.6 Å². The Kier molecular flexibility index (Phi) is 3.00. The van der Waals surface area contributed by atoms with E-state index in [0.29, 0.717) is 5.69 Å². The predicted molar refractivity (Wildman–Crippen MR) is 67.2 cm³/mol. The van der Waals surface area contributed by atoms with Crippen LogP contribution in [0.1, 0.15) is 45.2 Å². The number of hydrogen-bond donors (Lipinski definition) is 0. The first-order valence-corrected chi connectivity index (χ1v) is 8.04. The van der Waals surface area contributed by atoms with E-state index in [1.807, 2.05) is 20.8 Å². The van der Waals surface area contributed by atoms with Crippen molar-refractivity contribution in [2.24, 2.45) is 0 Å². The van der Waals surface area contributed by atoms with E-state index in [9.17, 15) is 8.42 Å². The zero-order valence-corrected chi connectivity index (χ0v) is 12.2. The smallest absolute Gasteiger partial charge is 0.247 e. The topological polar surface area (TPSA) is 52.0 Å². The van der Waals surface area contributed by atoms with Crippen LogP contribution in [0.3, 0.4) is 0 Å². The van der Waals surface area contributed by atoms with Gasteiger partial charge < -0.3 is 0 Å². The van der Waals surface area contributed by atoms with Gasteiger partial charge in [-0.2, -0.15) is 5.10 Å². The zero-order chi connectivity index (χ0) is 13.0. The molecule has 1 fully saturated rings. The monoisotopic (exact) mass is 296 g/mol. The van der Waals surface area contributed by atoms with Crippen molar-refractivity contribution in [1.29, 1.82) is 0 Å². The molecule has 0 spiro atoms. The lowest BCUT2D eigenvalue weighted by Crippen LogP contribution is -2.23. The highest BCUT2D eigenvalue weighted by Crippen LogP contribution is 2.45. The molecule has 1 aromatic rings. The van der Waals surface area contributed by atoms with Crippen LogP contribution in [0.15, 0.2) is 4.90 Å². The molecule has 0 aliphatic heterocycles. The number of nitrogens with zero attached hydrogens (tertiary/aromatic N) is 2. The zero-order valence-electron chi connectivity index (χ0n) is 9.87. The molecular formula is C10H14Cl2N2O2S. The molecule has 0 saturated heterocycles. The number of halogens is 2. The second kappa shape index (κ2) is 3.87. The highest BCUT2D eigenvalue weighted by atomic mass is 35.7. The van der Waals surface area contributed by atoms with Crippen molar-refractivity contribution in [3.63, 3.8) is 0 Å². The minimum atomic E-state index is -3.85. The first-order valence-electron chi connectivity index (χ1n) is 5.36. The average molecular weight is 297 g/mol. The molecule has 0 aromatic carbocycles. The van der Waals surface area contributed by atoms with Crippen LogP contribution in [-0.4, -0.2) is 18.2 Å². The summed E-state index contributed by atoms with van der Waals surface area (Å²) in [6, 6.07) is 0. The van der Waals surface area contributed by atoms with Crippen molar-refractivity contribution >= 4 is 31.3 Å². The standard InChI is InChI=1S/C10H14Cl2N2O2S/c1-10(2,3)14-9(11)8(17(12,15)16)7(13-14)6-4-5-6/h6H,4-5H2,1-3H3. The van der Waals surface area contributed by atoms with E-state index in [1.54, 1.807) is 0 Å². The molecule has 0 unspecified atom stereocenters.